The van der Waals surface area contributed by atoms with Crippen LogP contribution in [0.1, 0.15) is 40.1 Å². The second kappa shape index (κ2) is 8.45. The van der Waals surface area contributed by atoms with Gasteiger partial charge in [0.15, 0.2) is 5.82 Å². The average Bonchev–Trinajstić information content (AvgIpc) is 3.39. The number of aryl methyl sites for hydroxylation is 1. The van der Waals surface area contributed by atoms with Gasteiger partial charge in [-0.2, -0.15) is 18.2 Å². The number of benzene rings is 2. The molecule has 32 heavy (non-hydrogen) atoms. The number of halogens is 3. The summed E-state index contributed by atoms with van der Waals surface area (Å²) in [7, 11) is 1.42. The van der Waals surface area contributed by atoms with E-state index in [4.69, 9.17) is 9.36 Å². The van der Waals surface area contributed by atoms with Crippen LogP contribution in [-0.4, -0.2) is 40.3 Å². The predicted molar refractivity (Wildman–Crippen MR) is 109 cm³/mol. The molecule has 0 N–H and O–H groups in total. The number of alkyl halides is 3. The Kier molecular flexibility index (Phi) is 5.68. The zero-order valence-corrected chi connectivity index (χ0v) is 17.3. The Hall–Kier alpha value is -3.69. The van der Waals surface area contributed by atoms with Crippen molar-refractivity contribution in [2.24, 2.45) is 5.16 Å². The molecule has 1 fully saturated rings. The minimum absolute atomic E-state index is 0.0499. The molecule has 0 bridgehead atoms. The summed E-state index contributed by atoms with van der Waals surface area (Å²) in [6.45, 7) is 1.88. The molecule has 1 saturated heterocycles. The Morgan fingerprint density at radius 2 is 1.91 bits per heavy atom. The van der Waals surface area contributed by atoms with E-state index in [1.807, 2.05) is 0 Å². The van der Waals surface area contributed by atoms with Crippen molar-refractivity contribution in [1.82, 2.24) is 15.0 Å². The third-order valence-electron chi connectivity index (χ3n) is 5.14. The Balaban J connectivity index is 1.63. The van der Waals surface area contributed by atoms with Gasteiger partial charge in [0.1, 0.15) is 13.2 Å². The van der Waals surface area contributed by atoms with Crippen LogP contribution < -0.4 is 0 Å². The smallest absolute Gasteiger partial charge is 0.399 e. The number of likely N-dealkylation sites (tertiary alicyclic amines) is 1. The van der Waals surface area contributed by atoms with E-state index in [-0.39, 0.29) is 23.9 Å². The first-order chi connectivity index (χ1) is 15.3. The molecule has 1 amide bonds. The summed E-state index contributed by atoms with van der Waals surface area (Å²) < 4.78 is 45.3. The second-order valence-electron chi connectivity index (χ2n) is 7.29. The first-order valence-corrected chi connectivity index (χ1v) is 9.74. The molecule has 1 aliphatic rings. The Morgan fingerprint density at radius 3 is 2.53 bits per heavy atom. The second-order valence-corrected chi connectivity index (χ2v) is 7.29. The van der Waals surface area contributed by atoms with Gasteiger partial charge in [0, 0.05) is 12.0 Å². The highest BCUT2D eigenvalue weighted by molar-refractivity contribution is 6.00. The maximum Gasteiger partial charge on any atom is 0.417 e. The number of hydrogen-bond acceptors (Lipinski definition) is 6. The molecule has 0 unspecified atom stereocenters. The van der Waals surface area contributed by atoms with Gasteiger partial charge in [-0.15, -0.1) is 0 Å². The van der Waals surface area contributed by atoms with Crippen LogP contribution in [0.25, 0.3) is 11.1 Å². The third kappa shape index (κ3) is 4.20. The van der Waals surface area contributed by atoms with Gasteiger partial charge in [0.25, 0.3) is 5.91 Å². The van der Waals surface area contributed by atoms with Crippen LogP contribution in [-0.2, 0) is 11.0 Å². The minimum atomic E-state index is -4.48. The monoisotopic (exact) mass is 444 g/mol. The molecule has 0 saturated carbocycles. The topological polar surface area (TPSA) is 80.8 Å². The fourth-order valence-electron chi connectivity index (χ4n) is 3.72. The van der Waals surface area contributed by atoms with Gasteiger partial charge >= 0.3 is 6.18 Å². The SMILES string of the molecule is CO/N=C1/C[C@@H](c2nc(C)no2)N(C(=O)c2ccc(-c3ccccc3C(F)(F)F)cc2)C1. The first kappa shape index (κ1) is 21.5. The summed E-state index contributed by atoms with van der Waals surface area (Å²) in [5, 5.41) is 7.73. The van der Waals surface area contributed by atoms with E-state index in [0.717, 1.165) is 6.07 Å². The van der Waals surface area contributed by atoms with Crippen molar-refractivity contribution >= 4 is 11.6 Å². The summed E-state index contributed by atoms with van der Waals surface area (Å²) >= 11 is 0. The first-order valence-electron chi connectivity index (χ1n) is 9.74. The van der Waals surface area contributed by atoms with Crippen LogP contribution in [0.3, 0.4) is 0 Å². The minimum Gasteiger partial charge on any atom is -0.399 e. The number of aromatic nitrogens is 2. The zero-order chi connectivity index (χ0) is 22.9. The van der Waals surface area contributed by atoms with E-state index in [2.05, 4.69) is 15.3 Å². The van der Waals surface area contributed by atoms with Gasteiger partial charge in [-0.25, -0.2) is 0 Å². The Bertz CT molecular complexity index is 1160. The molecule has 1 aliphatic heterocycles. The van der Waals surface area contributed by atoms with Crippen molar-refractivity contribution in [3.8, 4) is 11.1 Å². The normalized spacial score (nSPS) is 17.7. The molecule has 1 atom stereocenters. The van der Waals surface area contributed by atoms with E-state index in [1.54, 1.807) is 13.0 Å². The van der Waals surface area contributed by atoms with Crippen molar-refractivity contribution in [2.75, 3.05) is 13.7 Å². The van der Waals surface area contributed by atoms with Crippen LogP contribution >= 0.6 is 0 Å². The van der Waals surface area contributed by atoms with Gasteiger partial charge in [-0.05, 0) is 36.2 Å². The van der Waals surface area contributed by atoms with Crippen LogP contribution in [0.4, 0.5) is 13.2 Å². The summed E-state index contributed by atoms with van der Waals surface area (Å²) in [4.78, 5) is 23.8. The number of carbonyl (C=O) groups is 1. The van der Waals surface area contributed by atoms with Crippen molar-refractivity contribution in [3.05, 3.63) is 71.4 Å². The van der Waals surface area contributed by atoms with Crippen LogP contribution in [0.5, 0.6) is 0 Å². The maximum absolute atomic E-state index is 13.3. The van der Waals surface area contributed by atoms with Crippen molar-refractivity contribution < 1.29 is 27.3 Å². The van der Waals surface area contributed by atoms with Crippen LogP contribution in [0, 0.1) is 6.92 Å². The average molecular weight is 444 g/mol. The standard InChI is InChI=1S/C22H19F3N4O3/c1-13-26-20(32-27-13)19-11-16(28-31-2)12-29(19)21(30)15-9-7-14(8-10-15)17-5-3-4-6-18(17)22(23,24)25/h3-10,19H,11-12H2,1-2H3/b28-16-/t19-/m0/s1. The van der Waals surface area contributed by atoms with E-state index in [1.165, 1.54) is 48.4 Å². The highest BCUT2D eigenvalue weighted by Crippen LogP contribution is 2.37. The van der Waals surface area contributed by atoms with Gasteiger partial charge < -0.3 is 14.3 Å². The Labute approximate surface area is 181 Å². The summed E-state index contributed by atoms with van der Waals surface area (Å²) in [6, 6.07) is 10.8. The van der Waals surface area contributed by atoms with Crippen LogP contribution in [0.15, 0.2) is 58.2 Å². The summed E-state index contributed by atoms with van der Waals surface area (Å²) in [5.41, 5.74) is 0.636. The number of nitrogens with zero attached hydrogens (tertiary/aromatic N) is 4. The highest BCUT2D eigenvalue weighted by atomic mass is 19.4. The number of rotatable bonds is 4. The lowest BCUT2D eigenvalue weighted by Crippen LogP contribution is -2.31. The zero-order valence-electron chi connectivity index (χ0n) is 17.3. The van der Waals surface area contributed by atoms with Gasteiger partial charge in [0.05, 0.1) is 17.8 Å². The lowest BCUT2D eigenvalue weighted by molar-refractivity contribution is -0.137. The van der Waals surface area contributed by atoms with Crippen molar-refractivity contribution in [3.63, 3.8) is 0 Å². The van der Waals surface area contributed by atoms with E-state index >= 15 is 0 Å². The molecule has 4 rings (SSSR count). The lowest BCUT2D eigenvalue weighted by atomic mass is 9.98. The molecule has 0 radical (unpaired) electrons. The molecule has 0 aliphatic carbocycles. The molecule has 10 heteroatoms. The third-order valence-corrected chi connectivity index (χ3v) is 5.14. The van der Waals surface area contributed by atoms with E-state index in [9.17, 15) is 18.0 Å². The fourth-order valence-corrected chi connectivity index (χ4v) is 3.72. The molecule has 2 aromatic carbocycles. The van der Waals surface area contributed by atoms with Crippen LogP contribution in [0.2, 0.25) is 0 Å². The van der Waals surface area contributed by atoms with Gasteiger partial charge in [0.2, 0.25) is 5.89 Å². The summed E-state index contributed by atoms with van der Waals surface area (Å²) in [5.74, 6) is 0.396. The number of amides is 1. The molecular formula is C22H19F3N4O3. The summed E-state index contributed by atoms with van der Waals surface area (Å²) in [6.07, 6.45) is -4.11. The van der Waals surface area contributed by atoms with Gasteiger partial charge in [-0.3, -0.25) is 4.79 Å². The van der Waals surface area contributed by atoms with Crippen molar-refractivity contribution in [1.29, 1.82) is 0 Å². The highest BCUT2D eigenvalue weighted by Gasteiger charge is 2.38. The Morgan fingerprint density at radius 1 is 1.19 bits per heavy atom. The molecule has 3 aromatic rings. The predicted octanol–water partition coefficient (Wildman–Crippen LogP) is 4.65. The van der Waals surface area contributed by atoms with E-state index in [0.29, 0.717) is 29.1 Å². The number of oxime groups is 1. The molecule has 166 valence electrons. The quantitative estimate of drug-likeness (QED) is 0.547. The fraction of sp³-hybridized carbons (Fsp3) is 0.273. The molecule has 2 heterocycles. The maximum atomic E-state index is 13.3. The van der Waals surface area contributed by atoms with E-state index < -0.39 is 17.8 Å². The number of carbonyl (C=O) groups excluding carboxylic acids is 1. The largest absolute Gasteiger partial charge is 0.417 e. The molecular weight excluding hydrogens is 425 g/mol. The lowest BCUT2D eigenvalue weighted by Gasteiger charge is -2.21. The molecule has 0 spiro atoms. The molecule has 7 nitrogen and oxygen atoms in total. The van der Waals surface area contributed by atoms with Gasteiger partial charge in [-0.1, -0.05) is 40.6 Å². The van der Waals surface area contributed by atoms with Crippen molar-refractivity contribution in [2.45, 2.75) is 25.6 Å². The number of hydrogen-bond donors (Lipinski definition) is 0. The molecule has 1 aromatic heterocycles.